The van der Waals surface area contributed by atoms with Crippen LogP contribution in [-0.4, -0.2) is 29.1 Å². The van der Waals surface area contributed by atoms with E-state index in [4.69, 9.17) is 0 Å². The molecule has 2 amide bonds. The van der Waals surface area contributed by atoms with E-state index in [0.717, 1.165) is 5.56 Å². The van der Waals surface area contributed by atoms with Gasteiger partial charge in [0.15, 0.2) is 10.9 Å². The first-order chi connectivity index (χ1) is 15.9. The second-order valence-corrected chi connectivity index (χ2v) is 11.1. The second-order valence-electron chi connectivity index (χ2n) is 10.1. The molecule has 2 N–H and O–H groups in total. The van der Waals surface area contributed by atoms with Gasteiger partial charge in [-0.15, -0.1) is 0 Å². The summed E-state index contributed by atoms with van der Waals surface area (Å²) >= 11 is 1.20. The van der Waals surface area contributed by atoms with Crippen molar-refractivity contribution in [2.24, 2.45) is 29.1 Å². The first kappa shape index (κ1) is 20.8. The molecule has 4 aliphatic rings. The number of aromatic nitrogens is 1. The summed E-state index contributed by atoms with van der Waals surface area (Å²) in [6, 6.07) is 7.33. The van der Waals surface area contributed by atoms with Crippen molar-refractivity contribution in [3.8, 4) is 0 Å². The molecule has 0 saturated heterocycles. The Balaban J connectivity index is 1.09. The normalized spacial score (nSPS) is 28.1. The summed E-state index contributed by atoms with van der Waals surface area (Å²) in [4.78, 5) is 43.3. The maximum absolute atomic E-state index is 12.9. The highest BCUT2D eigenvalue weighted by molar-refractivity contribution is 7.17. The Morgan fingerprint density at radius 1 is 1.21 bits per heavy atom. The van der Waals surface area contributed by atoms with E-state index in [9.17, 15) is 14.4 Å². The molecule has 0 radical (unpaired) electrons. The molecule has 0 unspecified atom stereocenters. The van der Waals surface area contributed by atoms with Crippen LogP contribution < -0.4 is 10.6 Å². The minimum atomic E-state index is -0.392. The summed E-state index contributed by atoms with van der Waals surface area (Å²) in [5.41, 5.74) is 2.69. The van der Waals surface area contributed by atoms with Crippen molar-refractivity contribution in [3.05, 3.63) is 58.1 Å². The fourth-order valence-corrected chi connectivity index (χ4v) is 7.19. The molecular formula is C26H27N3O3S. The Morgan fingerprint density at radius 2 is 2.06 bits per heavy atom. The molecule has 2 aromatic rings. The summed E-state index contributed by atoms with van der Waals surface area (Å²) in [6.07, 6.45) is 9.21. The minimum Gasteiger partial charge on any atom is -0.356 e. The van der Waals surface area contributed by atoms with Crippen LogP contribution in [0.25, 0.3) is 0 Å². The third-order valence-electron chi connectivity index (χ3n) is 8.08. The number of thiazole rings is 1. The first-order valence-corrected chi connectivity index (χ1v) is 12.6. The second kappa shape index (κ2) is 7.62. The van der Waals surface area contributed by atoms with Gasteiger partial charge < -0.3 is 5.32 Å². The van der Waals surface area contributed by atoms with Crippen LogP contribution in [0.1, 0.15) is 57.0 Å². The van der Waals surface area contributed by atoms with Gasteiger partial charge in [-0.1, -0.05) is 41.2 Å². The number of aryl methyl sites for hydroxylation is 1. The number of hydrogen-bond donors (Lipinski definition) is 2. The summed E-state index contributed by atoms with van der Waals surface area (Å²) in [6.45, 7) is 2.62. The Labute approximate surface area is 196 Å². The van der Waals surface area contributed by atoms with Crippen LogP contribution in [0.15, 0.2) is 36.4 Å². The van der Waals surface area contributed by atoms with Gasteiger partial charge in [0, 0.05) is 24.9 Å². The monoisotopic (exact) mass is 461 g/mol. The molecule has 33 heavy (non-hydrogen) atoms. The summed E-state index contributed by atoms with van der Waals surface area (Å²) in [5.74, 6) is 1.07. The Bertz CT molecular complexity index is 1200. The molecule has 7 heteroatoms. The molecule has 6 nitrogen and oxygen atoms in total. The fraction of sp³-hybridized carbons (Fsp3) is 0.462. The van der Waals surface area contributed by atoms with Crippen molar-refractivity contribution in [1.82, 2.24) is 10.3 Å². The van der Waals surface area contributed by atoms with Gasteiger partial charge in [0.05, 0.1) is 16.5 Å². The molecule has 1 spiro atoms. The van der Waals surface area contributed by atoms with Crippen LogP contribution in [0, 0.1) is 36.0 Å². The van der Waals surface area contributed by atoms with E-state index < -0.39 is 5.92 Å². The van der Waals surface area contributed by atoms with E-state index in [0.29, 0.717) is 57.4 Å². The van der Waals surface area contributed by atoms with E-state index in [2.05, 4.69) is 27.8 Å². The van der Waals surface area contributed by atoms with Gasteiger partial charge in [-0.2, -0.15) is 0 Å². The average Bonchev–Trinajstić information content (AvgIpc) is 3.28. The van der Waals surface area contributed by atoms with Crippen molar-refractivity contribution in [1.29, 1.82) is 0 Å². The van der Waals surface area contributed by atoms with Crippen LogP contribution in [0.2, 0.25) is 0 Å². The lowest BCUT2D eigenvalue weighted by molar-refractivity contribution is -0.125. The van der Waals surface area contributed by atoms with Crippen LogP contribution in [-0.2, 0) is 11.2 Å². The zero-order valence-corrected chi connectivity index (χ0v) is 19.4. The lowest BCUT2D eigenvalue weighted by Crippen LogP contribution is -2.38. The lowest BCUT2D eigenvalue weighted by Gasteiger charge is -2.23. The van der Waals surface area contributed by atoms with Gasteiger partial charge >= 0.3 is 0 Å². The Morgan fingerprint density at radius 3 is 2.82 bits per heavy atom. The van der Waals surface area contributed by atoms with E-state index in [1.54, 1.807) is 6.07 Å². The zero-order chi connectivity index (χ0) is 22.7. The number of hydrogen-bond acceptors (Lipinski definition) is 5. The molecule has 2 fully saturated rings. The lowest BCUT2D eigenvalue weighted by atomic mass is 9.87. The number of carbonyl (C=O) groups is 3. The highest BCUT2D eigenvalue weighted by atomic mass is 32.1. The molecular weight excluding hydrogens is 434 g/mol. The van der Waals surface area contributed by atoms with Crippen LogP contribution in [0.3, 0.4) is 0 Å². The molecule has 2 bridgehead atoms. The highest BCUT2D eigenvalue weighted by Crippen LogP contribution is 2.69. The number of ketones is 1. The number of allylic oxidation sites excluding steroid dienone is 2. The van der Waals surface area contributed by atoms with E-state index in [-0.39, 0.29) is 24.0 Å². The summed E-state index contributed by atoms with van der Waals surface area (Å²) in [5, 5.41) is 6.36. The third-order valence-corrected chi connectivity index (χ3v) is 9.13. The minimum absolute atomic E-state index is 0.0519. The van der Waals surface area contributed by atoms with E-state index >= 15 is 0 Å². The Kier molecular flexibility index (Phi) is 4.80. The highest BCUT2D eigenvalue weighted by Gasteiger charge is 2.62. The summed E-state index contributed by atoms with van der Waals surface area (Å²) in [7, 11) is 0. The number of rotatable bonds is 5. The number of carbonyl (C=O) groups excluding carboxylic acids is 3. The zero-order valence-electron chi connectivity index (χ0n) is 18.6. The number of nitrogens with one attached hydrogen (secondary N) is 2. The Hall–Kier alpha value is -2.80. The predicted molar refractivity (Wildman–Crippen MR) is 126 cm³/mol. The largest absolute Gasteiger partial charge is 0.356 e. The van der Waals surface area contributed by atoms with E-state index in [1.807, 2.05) is 25.1 Å². The average molecular weight is 462 g/mol. The van der Waals surface area contributed by atoms with Crippen LogP contribution in [0.4, 0.5) is 5.13 Å². The number of benzene rings is 1. The molecule has 1 aromatic carbocycles. The van der Waals surface area contributed by atoms with Gasteiger partial charge in [-0.3, -0.25) is 19.7 Å². The molecule has 1 heterocycles. The number of fused-ring (bicyclic) bond motifs is 1. The standard InChI is InChI=1S/C26H27N3O3S/c1-14-3-2-4-15(9-14)24(32)29-25-28-20-11-16(12-21(30)22(20)33-25)23(31)27-13-17-10-18-5-6-19(17)26(18)7-8-26/h2-6,9,16-19H,7-8,10-13H2,1H3,(H,27,31)(H,28,29,32)/t16-,17+,18+,19+/m1/s1. The third kappa shape index (κ3) is 3.53. The molecule has 170 valence electrons. The number of Topliss-reactive ketones (excluding diaryl/α,β-unsaturated/α-hetero) is 1. The molecule has 6 rings (SSSR count). The number of anilines is 1. The van der Waals surface area contributed by atoms with Gasteiger partial charge in [-0.05, 0) is 61.5 Å². The smallest absolute Gasteiger partial charge is 0.257 e. The van der Waals surface area contributed by atoms with Gasteiger partial charge in [0.25, 0.3) is 5.91 Å². The van der Waals surface area contributed by atoms with Crippen molar-refractivity contribution >= 4 is 34.1 Å². The number of amides is 2. The van der Waals surface area contributed by atoms with E-state index in [1.165, 1.54) is 30.6 Å². The molecule has 0 aliphatic heterocycles. The topological polar surface area (TPSA) is 88.2 Å². The quantitative estimate of drug-likeness (QED) is 0.655. The van der Waals surface area contributed by atoms with Crippen molar-refractivity contribution in [3.63, 3.8) is 0 Å². The molecule has 4 atom stereocenters. The molecule has 4 aliphatic carbocycles. The maximum Gasteiger partial charge on any atom is 0.257 e. The van der Waals surface area contributed by atoms with Crippen LogP contribution in [0.5, 0.6) is 0 Å². The van der Waals surface area contributed by atoms with Gasteiger partial charge in [0.2, 0.25) is 5.91 Å². The fourth-order valence-electron chi connectivity index (χ4n) is 6.26. The predicted octanol–water partition coefficient (Wildman–Crippen LogP) is 4.17. The molecule has 1 aromatic heterocycles. The van der Waals surface area contributed by atoms with Crippen LogP contribution >= 0.6 is 11.3 Å². The van der Waals surface area contributed by atoms with Gasteiger partial charge in [-0.25, -0.2) is 4.98 Å². The van der Waals surface area contributed by atoms with Crippen molar-refractivity contribution in [2.45, 2.75) is 39.0 Å². The van der Waals surface area contributed by atoms with Crippen molar-refractivity contribution < 1.29 is 14.4 Å². The first-order valence-electron chi connectivity index (χ1n) is 11.8. The number of nitrogens with zero attached hydrogens (tertiary/aromatic N) is 1. The van der Waals surface area contributed by atoms with Crippen molar-refractivity contribution in [2.75, 3.05) is 11.9 Å². The maximum atomic E-state index is 12.9. The SMILES string of the molecule is Cc1cccc(C(=O)Nc2nc3c(s2)C(=O)C[C@H](C(=O)NC[C@@H]2C[C@@H]4C=C[C@@H]2C42CC2)C3)c1. The van der Waals surface area contributed by atoms with Gasteiger partial charge in [0.1, 0.15) is 0 Å². The summed E-state index contributed by atoms with van der Waals surface area (Å²) < 4.78 is 0. The molecule has 2 saturated carbocycles.